The minimum Gasteiger partial charge on any atom is -0.486 e. The van der Waals surface area contributed by atoms with Gasteiger partial charge in [0.25, 0.3) is 0 Å². The molecule has 1 saturated carbocycles. The zero-order valence-corrected chi connectivity index (χ0v) is 12.2. The Balaban J connectivity index is 1.53. The quantitative estimate of drug-likeness (QED) is 0.865. The summed E-state index contributed by atoms with van der Waals surface area (Å²) in [4.78, 5) is 0. The number of ether oxygens (including phenoxy) is 2. The van der Waals surface area contributed by atoms with Gasteiger partial charge in [-0.1, -0.05) is 19.9 Å². The maximum absolute atomic E-state index is 10.2. The highest BCUT2D eigenvalue weighted by molar-refractivity contribution is 5.44. The lowest BCUT2D eigenvalue weighted by Crippen LogP contribution is -2.24. The summed E-state index contributed by atoms with van der Waals surface area (Å²) in [5.74, 6) is 2.24. The molecule has 2 unspecified atom stereocenters. The smallest absolute Gasteiger partial charge is 0.161 e. The Morgan fingerprint density at radius 1 is 1.30 bits per heavy atom. The lowest BCUT2D eigenvalue weighted by atomic mass is 10.1. The average Bonchev–Trinajstić information content (AvgIpc) is 3.05. The van der Waals surface area contributed by atoms with Gasteiger partial charge in [-0.25, -0.2) is 0 Å². The van der Waals surface area contributed by atoms with E-state index >= 15 is 0 Å². The minimum atomic E-state index is -0.507. The van der Waals surface area contributed by atoms with Gasteiger partial charge in [-0.05, 0) is 42.0 Å². The van der Waals surface area contributed by atoms with Crippen molar-refractivity contribution >= 4 is 0 Å². The molecule has 1 aromatic carbocycles. The molecule has 1 heterocycles. The Bertz CT molecular complexity index is 487. The number of hydrogen-bond acceptors (Lipinski definition) is 4. The molecule has 0 saturated heterocycles. The molecule has 4 heteroatoms. The van der Waals surface area contributed by atoms with Crippen LogP contribution in [0.5, 0.6) is 11.5 Å². The second-order valence-corrected chi connectivity index (χ2v) is 6.47. The molecule has 1 aliphatic heterocycles. The summed E-state index contributed by atoms with van der Waals surface area (Å²) in [5.41, 5.74) is 1.35. The predicted molar refractivity (Wildman–Crippen MR) is 77.1 cm³/mol. The van der Waals surface area contributed by atoms with Gasteiger partial charge < -0.3 is 19.9 Å². The van der Waals surface area contributed by atoms with Gasteiger partial charge in [0, 0.05) is 6.54 Å². The molecule has 1 fully saturated rings. The number of nitrogens with one attached hydrogen (secondary N) is 1. The zero-order chi connectivity index (χ0) is 14.2. The molecule has 0 amide bonds. The van der Waals surface area contributed by atoms with Crippen molar-refractivity contribution in [3.63, 3.8) is 0 Å². The second kappa shape index (κ2) is 5.26. The average molecular weight is 277 g/mol. The first-order valence-corrected chi connectivity index (χ1v) is 7.34. The van der Waals surface area contributed by atoms with Crippen LogP contribution < -0.4 is 14.8 Å². The molecule has 0 radical (unpaired) electrons. The van der Waals surface area contributed by atoms with Crippen molar-refractivity contribution in [3.05, 3.63) is 23.8 Å². The van der Waals surface area contributed by atoms with Crippen molar-refractivity contribution in [1.82, 2.24) is 5.32 Å². The van der Waals surface area contributed by atoms with Gasteiger partial charge in [-0.15, -0.1) is 0 Å². The van der Waals surface area contributed by atoms with E-state index in [0.717, 1.165) is 29.5 Å². The highest BCUT2D eigenvalue weighted by Crippen LogP contribution is 2.51. The fourth-order valence-electron chi connectivity index (χ4n) is 2.70. The van der Waals surface area contributed by atoms with E-state index in [2.05, 4.69) is 19.2 Å². The molecule has 4 nitrogen and oxygen atoms in total. The van der Waals surface area contributed by atoms with Crippen LogP contribution in [0.4, 0.5) is 0 Å². The van der Waals surface area contributed by atoms with E-state index in [-0.39, 0.29) is 0 Å². The van der Waals surface area contributed by atoms with Crippen LogP contribution in [0.3, 0.4) is 0 Å². The Morgan fingerprint density at radius 3 is 2.70 bits per heavy atom. The van der Waals surface area contributed by atoms with Gasteiger partial charge in [0.1, 0.15) is 13.2 Å². The molecule has 2 atom stereocenters. The molecule has 3 rings (SSSR count). The molecule has 110 valence electrons. The molecule has 20 heavy (non-hydrogen) atoms. The molecule has 0 bridgehead atoms. The maximum atomic E-state index is 10.2. The van der Waals surface area contributed by atoms with E-state index in [9.17, 15) is 5.11 Å². The van der Waals surface area contributed by atoms with Crippen molar-refractivity contribution in [3.8, 4) is 11.5 Å². The van der Waals surface area contributed by atoms with Crippen molar-refractivity contribution in [2.45, 2.75) is 26.4 Å². The lowest BCUT2D eigenvalue weighted by Gasteiger charge is -2.20. The van der Waals surface area contributed by atoms with Gasteiger partial charge in [-0.2, -0.15) is 0 Å². The van der Waals surface area contributed by atoms with Crippen LogP contribution in [0.2, 0.25) is 0 Å². The van der Waals surface area contributed by atoms with Gasteiger partial charge in [0.05, 0.1) is 6.10 Å². The molecular weight excluding hydrogens is 254 g/mol. The van der Waals surface area contributed by atoms with Crippen LogP contribution in [-0.4, -0.2) is 31.4 Å². The lowest BCUT2D eigenvalue weighted by molar-refractivity contribution is 0.163. The largest absolute Gasteiger partial charge is 0.486 e. The summed E-state index contributed by atoms with van der Waals surface area (Å²) in [6, 6.07) is 5.65. The predicted octanol–water partition coefficient (Wildman–Crippen LogP) is 2.13. The third kappa shape index (κ3) is 2.91. The van der Waals surface area contributed by atoms with Crippen molar-refractivity contribution < 1.29 is 14.6 Å². The first-order valence-electron chi connectivity index (χ1n) is 7.34. The highest BCUT2D eigenvalue weighted by Gasteiger charge is 2.44. The number of hydrogen-bond donors (Lipinski definition) is 2. The van der Waals surface area contributed by atoms with E-state index < -0.39 is 6.10 Å². The zero-order valence-electron chi connectivity index (χ0n) is 12.2. The summed E-state index contributed by atoms with van der Waals surface area (Å²) in [7, 11) is 0. The number of fused-ring (bicyclic) bond motifs is 1. The van der Waals surface area contributed by atoms with Gasteiger partial charge >= 0.3 is 0 Å². The monoisotopic (exact) mass is 277 g/mol. The topological polar surface area (TPSA) is 50.7 Å². The van der Waals surface area contributed by atoms with E-state index in [0.29, 0.717) is 25.2 Å². The van der Waals surface area contributed by atoms with Crippen LogP contribution >= 0.6 is 0 Å². The number of rotatable bonds is 5. The first-order chi connectivity index (χ1) is 9.56. The highest BCUT2D eigenvalue weighted by atomic mass is 16.6. The second-order valence-electron chi connectivity index (χ2n) is 6.47. The van der Waals surface area contributed by atoms with Crippen molar-refractivity contribution in [2.24, 2.45) is 11.3 Å². The van der Waals surface area contributed by atoms with Crippen LogP contribution in [0, 0.1) is 11.3 Å². The van der Waals surface area contributed by atoms with E-state index in [1.54, 1.807) is 0 Å². The van der Waals surface area contributed by atoms with Crippen LogP contribution in [0.1, 0.15) is 31.9 Å². The van der Waals surface area contributed by atoms with Crippen molar-refractivity contribution in [2.75, 3.05) is 26.3 Å². The maximum Gasteiger partial charge on any atom is 0.161 e. The van der Waals surface area contributed by atoms with Crippen molar-refractivity contribution in [1.29, 1.82) is 0 Å². The van der Waals surface area contributed by atoms with E-state index in [1.165, 1.54) is 6.42 Å². The first kappa shape index (κ1) is 13.7. The molecule has 2 N–H and O–H groups in total. The minimum absolute atomic E-state index is 0.481. The van der Waals surface area contributed by atoms with Crippen LogP contribution in [0.15, 0.2) is 18.2 Å². The number of aliphatic hydroxyl groups excluding tert-OH is 1. The van der Waals surface area contributed by atoms with Crippen LogP contribution in [0.25, 0.3) is 0 Å². The summed E-state index contributed by atoms with van der Waals surface area (Å²) in [6.45, 7) is 7.29. The summed E-state index contributed by atoms with van der Waals surface area (Å²) in [6.07, 6.45) is 0.771. The van der Waals surface area contributed by atoms with Gasteiger partial charge in [-0.3, -0.25) is 0 Å². The molecular formula is C16H23NO3. The summed E-state index contributed by atoms with van der Waals surface area (Å²) < 4.78 is 11.0. The Labute approximate surface area is 120 Å². The molecule has 0 spiro atoms. The SMILES string of the molecule is CC1(C)CC1CNCC(O)c1ccc2c(c1)OCCO2. The van der Waals surface area contributed by atoms with Gasteiger partial charge in [0.2, 0.25) is 0 Å². The molecule has 2 aliphatic rings. The molecule has 1 aliphatic carbocycles. The van der Waals surface area contributed by atoms with Gasteiger partial charge in [0.15, 0.2) is 11.5 Å². The summed E-state index contributed by atoms with van der Waals surface area (Å²) in [5, 5.41) is 13.6. The Morgan fingerprint density at radius 2 is 2.00 bits per heavy atom. The fourth-order valence-corrected chi connectivity index (χ4v) is 2.70. The Hall–Kier alpha value is -1.26. The normalized spacial score (nSPS) is 24.2. The molecule has 0 aromatic heterocycles. The summed E-state index contributed by atoms with van der Waals surface area (Å²) >= 11 is 0. The fraction of sp³-hybridized carbons (Fsp3) is 0.625. The Kier molecular flexibility index (Phi) is 3.61. The number of benzene rings is 1. The third-order valence-corrected chi connectivity index (χ3v) is 4.40. The standard InChI is InChI=1S/C16H23NO3/c1-16(2)8-12(16)9-17-10-13(18)11-3-4-14-15(7-11)20-6-5-19-14/h3-4,7,12-13,17-18H,5-6,8-10H2,1-2H3. The van der Waals surface area contributed by atoms with Crippen LogP contribution in [-0.2, 0) is 0 Å². The number of aliphatic hydroxyl groups is 1. The van der Waals surface area contributed by atoms with E-state index in [4.69, 9.17) is 9.47 Å². The third-order valence-electron chi connectivity index (χ3n) is 4.40. The van der Waals surface area contributed by atoms with E-state index in [1.807, 2.05) is 18.2 Å². The molecule has 1 aromatic rings.